The van der Waals surface area contributed by atoms with Gasteiger partial charge in [-0.05, 0) is 54.9 Å². The topological polar surface area (TPSA) is 84.4 Å². The van der Waals surface area contributed by atoms with Crippen LogP contribution >= 0.6 is 11.5 Å². The summed E-state index contributed by atoms with van der Waals surface area (Å²) in [6.07, 6.45) is 7.24. The van der Waals surface area contributed by atoms with Gasteiger partial charge in [0.2, 0.25) is 5.91 Å². The van der Waals surface area contributed by atoms with Gasteiger partial charge >= 0.3 is 0 Å². The average Bonchev–Trinajstić information content (AvgIpc) is 3.43. The summed E-state index contributed by atoms with van der Waals surface area (Å²) in [7, 11) is 1.60. The standard InChI is InChI=1S/C21H26N4O3S/c1-28-17-9-5-6-14(12-17)19(20(26)22-15-7-3-2-4-8-15)25(16-10-11-16)21(27)18-13-29-24-23-18/h5-6,9,12-13,15-16,19H,2-4,7-8,10-11H2,1H3,(H,22,26)/t19-/m1/s1. The lowest BCUT2D eigenvalue weighted by Crippen LogP contribution is -2.48. The Morgan fingerprint density at radius 3 is 2.66 bits per heavy atom. The first kappa shape index (κ1) is 19.8. The Balaban J connectivity index is 1.67. The van der Waals surface area contributed by atoms with Gasteiger partial charge in [-0.15, -0.1) is 5.10 Å². The van der Waals surface area contributed by atoms with Crippen molar-refractivity contribution in [2.45, 2.75) is 63.1 Å². The van der Waals surface area contributed by atoms with Gasteiger partial charge in [-0.3, -0.25) is 9.59 Å². The number of ether oxygens (including phenoxy) is 1. The van der Waals surface area contributed by atoms with E-state index in [9.17, 15) is 9.59 Å². The van der Waals surface area contributed by atoms with Crippen LogP contribution in [0.5, 0.6) is 5.75 Å². The summed E-state index contributed by atoms with van der Waals surface area (Å²) < 4.78 is 9.19. The number of amides is 2. The molecule has 2 amide bonds. The number of hydrogen-bond acceptors (Lipinski definition) is 6. The maximum Gasteiger partial charge on any atom is 0.276 e. The van der Waals surface area contributed by atoms with Gasteiger partial charge in [0.25, 0.3) is 5.91 Å². The predicted molar refractivity (Wildman–Crippen MR) is 110 cm³/mol. The molecule has 2 aliphatic carbocycles. The molecule has 0 saturated heterocycles. The number of carbonyl (C=O) groups is 2. The summed E-state index contributed by atoms with van der Waals surface area (Å²) in [5.41, 5.74) is 1.04. The first-order valence-corrected chi connectivity index (χ1v) is 11.0. The SMILES string of the molecule is COc1cccc([C@H](C(=O)NC2CCCCC2)N(C(=O)c2csnn2)C2CC2)c1. The third kappa shape index (κ3) is 4.58. The van der Waals surface area contributed by atoms with E-state index in [0.29, 0.717) is 11.4 Å². The van der Waals surface area contributed by atoms with E-state index in [1.807, 2.05) is 24.3 Å². The zero-order chi connectivity index (χ0) is 20.2. The number of nitrogens with zero attached hydrogens (tertiary/aromatic N) is 3. The number of aromatic nitrogens is 2. The van der Waals surface area contributed by atoms with Crippen LogP contribution in [0.15, 0.2) is 29.6 Å². The van der Waals surface area contributed by atoms with E-state index in [4.69, 9.17) is 4.74 Å². The molecule has 1 atom stereocenters. The Morgan fingerprint density at radius 1 is 1.21 bits per heavy atom. The average molecular weight is 415 g/mol. The highest BCUT2D eigenvalue weighted by molar-refractivity contribution is 7.03. The van der Waals surface area contributed by atoms with Crippen molar-refractivity contribution < 1.29 is 14.3 Å². The van der Waals surface area contributed by atoms with Crippen molar-refractivity contribution in [2.75, 3.05) is 7.11 Å². The van der Waals surface area contributed by atoms with Crippen molar-refractivity contribution in [3.05, 3.63) is 40.9 Å². The molecule has 7 nitrogen and oxygen atoms in total. The van der Waals surface area contributed by atoms with E-state index in [1.165, 1.54) is 6.42 Å². The van der Waals surface area contributed by atoms with Crippen molar-refractivity contribution in [3.8, 4) is 5.75 Å². The molecule has 2 aliphatic rings. The van der Waals surface area contributed by atoms with Crippen LogP contribution in [-0.2, 0) is 4.79 Å². The number of hydrogen-bond donors (Lipinski definition) is 1. The fraction of sp³-hybridized carbons (Fsp3) is 0.524. The van der Waals surface area contributed by atoms with Crippen LogP contribution in [0.2, 0.25) is 0 Å². The lowest BCUT2D eigenvalue weighted by atomic mass is 9.94. The lowest BCUT2D eigenvalue weighted by molar-refractivity contribution is -0.127. The summed E-state index contributed by atoms with van der Waals surface area (Å²) in [6.45, 7) is 0. The molecule has 2 aromatic rings. The quantitative estimate of drug-likeness (QED) is 0.751. The molecule has 1 aromatic carbocycles. The summed E-state index contributed by atoms with van der Waals surface area (Å²) in [6, 6.07) is 6.91. The number of nitrogens with one attached hydrogen (secondary N) is 1. The number of carbonyl (C=O) groups excluding carboxylic acids is 2. The smallest absolute Gasteiger partial charge is 0.276 e. The van der Waals surface area contributed by atoms with Gasteiger partial charge in [0, 0.05) is 17.5 Å². The molecule has 2 fully saturated rings. The summed E-state index contributed by atoms with van der Waals surface area (Å²) in [5.74, 6) is 0.290. The number of rotatable bonds is 7. The molecule has 2 saturated carbocycles. The molecule has 0 unspecified atom stereocenters. The largest absolute Gasteiger partial charge is 0.497 e. The van der Waals surface area contributed by atoms with Crippen molar-refractivity contribution >= 4 is 23.3 Å². The van der Waals surface area contributed by atoms with Gasteiger partial charge in [-0.2, -0.15) is 0 Å². The number of benzene rings is 1. The van der Waals surface area contributed by atoms with Gasteiger partial charge < -0.3 is 15.0 Å². The van der Waals surface area contributed by atoms with E-state index in [0.717, 1.165) is 55.6 Å². The van der Waals surface area contributed by atoms with E-state index in [1.54, 1.807) is 17.4 Å². The van der Waals surface area contributed by atoms with Crippen molar-refractivity contribution in [2.24, 2.45) is 0 Å². The van der Waals surface area contributed by atoms with E-state index >= 15 is 0 Å². The van der Waals surface area contributed by atoms with Crippen molar-refractivity contribution in [3.63, 3.8) is 0 Å². The second-order valence-electron chi connectivity index (χ2n) is 7.76. The van der Waals surface area contributed by atoms with Gasteiger partial charge in [0.1, 0.15) is 11.8 Å². The molecule has 0 radical (unpaired) electrons. The fourth-order valence-electron chi connectivity index (χ4n) is 4.01. The van der Waals surface area contributed by atoms with Crippen LogP contribution in [0.25, 0.3) is 0 Å². The highest BCUT2D eigenvalue weighted by atomic mass is 32.1. The normalized spacial score (nSPS) is 18.1. The third-order valence-corrected chi connectivity index (χ3v) is 6.15. The van der Waals surface area contributed by atoms with Gasteiger partial charge in [0.05, 0.1) is 7.11 Å². The lowest BCUT2D eigenvalue weighted by Gasteiger charge is -2.33. The number of methoxy groups -OCH3 is 1. The van der Waals surface area contributed by atoms with Crippen LogP contribution in [0.3, 0.4) is 0 Å². The first-order chi connectivity index (χ1) is 14.2. The van der Waals surface area contributed by atoms with E-state index in [2.05, 4.69) is 14.9 Å². The van der Waals surface area contributed by atoms with Gasteiger partial charge in [0.15, 0.2) is 5.69 Å². The van der Waals surface area contributed by atoms with E-state index in [-0.39, 0.29) is 23.9 Å². The van der Waals surface area contributed by atoms with Crippen LogP contribution in [0, 0.1) is 0 Å². The van der Waals surface area contributed by atoms with Crippen LogP contribution < -0.4 is 10.1 Å². The molecule has 0 spiro atoms. The Labute approximate surface area is 174 Å². The molecular weight excluding hydrogens is 388 g/mol. The molecular formula is C21H26N4O3S. The fourth-order valence-corrected chi connectivity index (χ4v) is 4.44. The second kappa shape index (κ2) is 8.90. The van der Waals surface area contributed by atoms with Crippen LogP contribution in [0.4, 0.5) is 0 Å². The minimum atomic E-state index is -0.714. The molecule has 1 heterocycles. The first-order valence-electron chi connectivity index (χ1n) is 10.2. The Morgan fingerprint density at radius 2 is 2.00 bits per heavy atom. The third-order valence-electron chi connectivity index (χ3n) is 5.64. The summed E-state index contributed by atoms with van der Waals surface area (Å²) in [4.78, 5) is 28.5. The molecule has 1 aromatic heterocycles. The van der Waals surface area contributed by atoms with Crippen molar-refractivity contribution in [1.82, 2.24) is 19.8 Å². The van der Waals surface area contributed by atoms with E-state index < -0.39 is 6.04 Å². The van der Waals surface area contributed by atoms with Gasteiger partial charge in [-0.25, -0.2) is 0 Å². The second-order valence-corrected chi connectivity index (χ2v) is 8.37. The molecule has 8 heteroatoms. The minimum absolute atomic E-state index is 0.0394. The Hall–Kier alpha value is -2.48. The highest BCUT2D eigenvalue weighted by Crippen LogP contribution is 2.37. The molecule has 0 bridgehead atoms. The highest BCUT2D eigenvalue weighted by Gasteiger charge is 2.42. The molecule has 0 aliphatic heterocycles. The Bertz CT molecular complexity index is 847. The summed E-state index contributed by atoms with van der Waals surface area (Å²) in [5, 5.41) is 8.80. The molecule has 1 N–H and O–H groups in total. The maximum absolute atomic E-state index is 13.5. The van der Waals surface area contributed by atoms with Crippen LogP contribution in [0.1, 0.15) is 67.0 Å². The zero-order valence-electron chi connectivity index (χ0n) is 16.5. The van der Waals surface area contributed by atoms with Gasteiger partial charge in [-0.1, -0.05) is 35.9 Å². The maximum atomic E-state index is 13.5. The monoisotopic (exact) mass is 414 g/mol. The predicted octanol–water partition coefficient (Wildman–Crippen LogP) is 3.34. The molecule has 29 heavy (non-hydrogen) atoms. The Kier molecular flexibility index (Phi) is 6.08. The minimum Gasteiger partial charge on any atom is -0.497 e. The van der Waals surface area contributed by atoms with Crippen LogP contribution in [-0.4, -0.2) is 45.5 Å². The zero-order valence-corrected chi connectivity index (χ0v) is 17.4. The molecule has 4 rings (SSSR count). The van der Waals surface area contributed by atoms with Crippen molar-refractivity contribution in [1.29, 1.82) is 0 Å². The summed E-state index contributed by atoms with van der Waals surface area (Å²) >= 11 is 1.14. The molecule has 154 valence electrons.